The summed E-state index contributed by atoms with van der Waals surface area (Å²) in [5.74, 6) is 0. The van der Waals surface area contributed by atoms with Crippen LogP contribution in [0.15, 0.2) is 132 Å². The minimum Gasteiger partial charge on any atom is -0.0622 e. The maximum atomic E-state index is 9.00. The largest absolute Gasteiger partial charge is 1.00 e. The summed E-state index contributed by atoms with van der Waals surface area (Å²) in [6, 6.07) is 45.9. The van der Waals surface area contributed by atoms with Gasteiger partial charge in [-0.15, -0.1) is 23.1 Å². The third kappa shape index (κ3) is 13.8. The second-order valence-electron chi connectivity index (χ2n) is 8.48. The molecule has 1 aliphatic carbocycles. The molecule has 224 valence electrons. The molecule has 1 fully saturated rings. The van der Waals surface area contributed by atoms with Crippen molar-refractivity contribution in [3.05, 3.63) is 182 Å². The van der Waals surface area contributed by atoms with Crippen LogP contribution in [0.1, 0.15) is 5.56 Å². The van der Waals surface area contributed by atoms with E-state index in [1.54, 1.807) is 0 Å². The first-order valence-corrected chi connectivity index (χ1v) is 17.1. The van der Waals surface area contributed by atoms with Gasteiger partial charge in [0.15, 0.2) is 0 Å². The van der Waals surface area contributed by atoms with Gasteiger partial charge in [-0.25, -0.2) is 11.8 Å². The first-order valence-electron chi connectivity index (χ1n) is 13.4. The molecule has 4 aromatic rings. The molecule has 4 aromatic carbocycles. The number of nitrogens with zero attached hydrogens (tertiary/aromatic N) is 2. The van der Waals surface area contributed by atoms with E-state index in [2.05, 4.69) is 103 Å². The van der Waals surface area contributed by atoms with Gasteiger partial charge in [-0.3, -0.25) is 0 Å². The first-order chi connectivity index (χ1) is 21.7. The van der Waals surface area contributed by atoms with Crippen molar-refractivity contribution in [3.8, 4) is 12.1 Å². The topological polar surface area (TPSA) is 67.5 Å². The standard InChI is InChI=1S/C18H15P.C14H11N2S2.C5H5.CO.Ru/c1-4-10-16(11-5-1)19(17-12-6-2-7-13-17)18-14-8-3-9-15-18;1-17-10-13(11-6-4-3-5-7-11)14(18-2)12(8-15)9-16;1-2-4-5-3-1;1-2;/h1-15H;3-7H,1-2H3;1-5H;;/q;-1;;;+1. The average molecular weight is 728 g/mol. The Morgan fingerprint density at radius 2 is 0.956 bits per heavy atom. The molecule has 3 nitrogen and oxygen atoms in total. The van der Waals surface area contributed by atoms with Crippen LogP contribution in [0.3, 0.4) is 0 Å². The molecule has 0 heterocycles. The molecule has 45 heavy (non-hydrogen) atoms. The van der Waals surface area contributed by atoms with Crippen LogP contribution in [-0.2, 0) is 24.1 Å². The van der Waals surface area contributed by atoms with Crippen LogP contribution in [0.25, 0.3) is 5.57 Å². The van der Waals surface area contributed by atoms with Crippen molar-refractivity contribution < 1.29 is 24.1 Å². The quantitative estimate of drug-likeness (QED) is 0.0480. The van der Waals surface area contributed by atoms with Gasteiger partial charge in [0.2, 0.25) is 0 Å². The summed E-state index contributed by atoms with van der Waals surface area (Å²) in [4.78, 5) is 0.667. The van der Waals surface area contributed by atoms with Gasteiger partial charge < -0.3 is 0 Å². The molecule has 1 aliphatic rings. The Morgan fingerprint density at radius 3 is 1.24 bits per heavy atom. The SMILES string of the molecule is CS[C-]=C(C(SC)=C(C#N)C#N)c1ccccc1.[C-]#[O+].[CH]1[CH][CH][CH][CH]1.[Ru+].c1ccc(P(c2ccccc2)c2ccccc2)cc1. The van der Waals surface area contributed by atoms with Crippen molar-refractivity contribution in [2.24, 2.45) is 0 Å². The molecular formula is C38H31N2OPRuS2. The third-order valence-corrected chi connectivity index (χ3v) is 9.42. The summed E-state index contributed by atoms with van der Waals surface area (Å²) in [5, 5.41) is 25.3. The van der Waals surface area contributed by atoms with Gasteiger partial charge in [0.25, 0.3) is 0 Å². The average Bonchev–Trinajstić information content (AvgIpc) is 3.70. The fourth-order valence-electron chi connectivity index (χ4n) is 3.90. The van der Waals surface area contributed by atoms with Crippen molar-refractivity contribution in [1.29, 1.82) is 10.5 Å². The zero-order valence-electron chi connectivity index (χ0n) is 24.9. The Balaban J connectivity index is 0.000000365. The molecule has 0 N–H and O–H groups in total. The Hall–Kier alpha value is -3.17. The van der Waals surface area contributed by atoms with Crippen molar-refractivity contribution in [3.63, 3.8) is 0 Å². The van der Waals surface area contributed by atoms with E-state index < -0.39 is 7.92 Å². The predicted molar refractivity (Wildman–Crippen MR) is 189 cm³/mol. The van der Waals surface area contributed by atoms with E-state index in [4.69, 9.17) is 15.2 Å². The monoisotopic (exact) mass is 728 g/mol. The normalized spacial score (nSPS) is 11.3. The van der Waals surface area contributed by atoms with Gasteiger partial charge in [0.05, 0.1) is 17.7 Å². The van der Waals surface area contributed by atoms with Crippen LogP contribution in [0, 0.1) is 66.8 Å². The van der Waals surface area contributed by atoms with E-state index in [0.717, 1.165) is 11.1 Å². The second kappa shape index (κ2) is 25.1. The molecule has 5 rings (SSSR count). The Morgan fingerprint density at radius 1 is 0.622 bits per heavy atom. The van der Waals surface area contributed by atoms with Crippen molar-refractivity contribution >= 4 is 52.9 Å². The second-order valence-corrected chi connectivity index (χ2v) is 12.1. The van der Waals surface area contributed by atoms with Crippen LogP contribution < -0.4 is 15.9 Å². The minimum atomic E-state index is -0.446. The summed E-state index contributed by atoms with van der Waals surface area (Å²) < 4.78 is 7.50. The van der Waals surface area contributed by atoms with Crippen molar-refractivity contribution in [2.75, 3.05) is 12.5 Å². The van der Waals surface area contributed by atoms with Crippen LogP contribution in [-0.4, -0.2) is 12.5 Å². The van der Waals surface area contributed by atoms with E-state index in [-0.39, 0.29) is 25.1 Å². The van der Waals surface area contributed by atoms with Crippen LogP contribution >= 0.6 is 31.4 Å². The maximum Gasteiger partial charge on any atom is 1.00 e. The van der Waals surface area contributed by atoms with E-state index in [0.29, 0.717) is 4.91 Å². The zero-order valence-corrected chi connectivity index (χ0v) is 29.1. The fraction of sp³-hybridized carbons (Fsp3) is 0.0526. The van der Waals surface area contributed by atoms with Crippen molar-refractivity contribution in [1.82, 2.24) is 0 Å². The predicted octanol–water partition coefficient (Wildman–Crippen LogP) is 8.28. The number of allylic oxidation sites excluding steroid dienone is 2. The van der Waals surface area contributed by atoms with Gasteiger partial charge in [0.1, 0.15) is 0 Å². The van der Waals surface area contributed by atoms with E-state index >= 15 is 0 Å². The summed E-state index contributed by atoms with van der Waals surface area (Å²) in [7, 11) is -0.446. The Labute approximate surface area is 292 Å². The summed E-state index contributed by atoms with van der Waals surface area (Å²) in [5.41, 5.74) is 1.89. The van der Waals surface area contributed by atoms with E-state index in [9.17, 15) is 0 Å². The molecule has 6 radical (unpaired) electrons. The Kier molecular flexibility index (Phi) is 22.2. The van der Waals surface area contributed by atoms with Gasteiger partial charge in [-0.05, 0) is 68.5 Å². The van der Waals surface area contributed by atoms with E-state index in [1.165, 1.54) is 39.4 Å². The smallest absolute Gasteiger partial charge is 0.0622 e. The number of benzene rings is 4. The molecule has 0 atom stereocenters. The number of thioether (sulfide) groups is 2. The molecule has 1 saturated carbocycles. The van der Waals surface area contributed by atoms with Gasteiger partial charge in [-0.1, -0.05) is 114 Å². The Bertz CT molecular complexity index is 1410. The van der Waals surface area contributed by atoms with Gasteiger partial charge >= 0.3 is 30.8 Å². The van der Waals surface area contributed by atoms with Crippen LogP contribution in [0.4, 0.5) is 0 Å². The molecule has 0 saturated heterocycles. The van der Waals surface area contributed by atoms with Gasteiger partial charge in [-0.2, -0.15) is 27.9 Å². The molecule has 0 aliphatic heterocycles. The zero-order chi connectivity index (χ0) is 31.8. The van der Waals surface area contributed by atoms with Gasteiger partial charge in [0, 0.05) is 0 Å². The summed E-state index contributed by atoms with van der Waals surface area (Å²) in [6.45, 7) is 4.50. The molecule has 0 unspecified atom stereocenters. The first kappa shape index (κ1) is 39.9. The number of rotatable bonds is 7. The number of hydrogen-bond donors (Lipinski definition) is 0. The molecule has 0 spiro atoms. The maximum absolute atomic E-state index is 9.00. The van der Waals surface area contributed by atoms with E-state index in [1.807, 2.05) is 87.1 Å². The van der Waals surface area contributed by atoms with Crippen LogP contribution in [0.5, 0.6) is 0 Å². The fourth-order valence-corrected chi connectivity index (χ4v) is 7.36. The molecule has 0 aromatic heterocycles. The van der Waals surface area contributed by atoms with Crippen LogP contribution in [0.2, 0.25) is 0 Å². The van der Waals surface area contributed by atoms with Crippen molar-refractivity contribution in [2.45, 2.75) is 0 Å². The number of hydrogen-bond acceptors (Lipinski definition) is 4. The summed E-state index contributed by atoms with van der Waals surface area (Å²) in [6.07, 6.45) is 13.8. The molecular weight excluding hydrogens is 697 g/mol. The third-order valence-electron chi connectivity index (χ3n) is 5.75. The molecule has 7 heteroatoms. The summed E-state index contributed by atoms with van der Waals surface area (Å²) >= 11 is 2.83. The minimum absolute atomic E-state index is 0. The number of nitriles is 2. The molecule has 0 amide bonds. The molecule has 0 bridgehead atoms.